The Bertz CT molecular complexity index is 1590. The number of rotatable bonds is 8. The van der Waals surface area contributed by atoms with E-state index in [0.29, 0.717) is 29.1 Å². The molecule has 2 aliphatic rings. The molecule has 1 aromatic carbocycles. The highest BCUT2D eigenvalue weighted by Gasteiger charge is 2.37. The standard InChI is InChI=1S/C31H39N7O2S/c1-19-15-28(41-4)26(30(39)34-19)16-32-31(40)29-21(3)38(27-8-6-5-7-25(27)29)20(2)22-9-11-23(12-10-22)36-17-24(18-36)37-14-13-33-35-37/h5-8,13-15,20,22-24H,9-12,16-18H2,1-4H3,(H,32,40)(H,34,39)/t20-,22?,23?/m1/s1. The van der Waals surface area contributed by atoms with Crippen molar-refractivity contribution >= 4 is 28.6 Å². The van der Waals surface area contributed by atoms with Crippen LogP contribution >= 0.6 is 11.8 Å². The van der Waals surface area contributed by atoms with Crippen molar-refractivity contribution in [1.29, 1.82) is 0 Å². The number of hydrogen-bond acceptors (Lipinski definition) is 6. The van der Waals surface area contributed by atoms with Gasteiger partial charge in [0.1, 0.15) is 0 Å². The van der Waals surface area contributed by atoms with Crippen LogP contribution in [-0.2, 0) is 6.54 Å². The Labute approximate surface area is 244 Å². The van der Waals surface area contributed by atoms with Crippen molar-refractivity contribution in [1.82, 2.24) is 34.8 Å². The third-order valence-electron chi connectivity index (χ3n) is 9.31. The summed E-state index contributed by atoms with van der Waals surface area (Å²) in [6.07, 6.45) is 10.4. The summed E-state index contributed by atoms with van der Waals surface area (Å²) in [7, 11) is 0. The summed E-state index contributed by atoms with van der Waals surface area (Å²) < 4.78 is 4.37. The smallest absolute Gasteiger partial charge is 0.254 e. The van der Waals surface area contributed by atoms with Crippen LogP contribution in [0.2, 0.25) is 0 Å². The molecule has 10 heteroatoms. The number of pyridine rings is 1. The second-order valence-corrected chi connectivity index (χ2v) is 12.5. The fraction of sp³-hybridized carbons (Fsp3) is 0.484. The Morgan fingerprint density at radius 1 is 1.15 bits per heavy atom. The number of aryl methyl sites for hydroxylation is 1. The minimum absolute atomic E-state index is 0.139. The molecule has 216 valence electrons. The summed E-state index contributed by atoms with van der Waals surface area (Å²) in [5, 5.41) is 12.1. The molecule has 1 aliphatic carbocycles. The molecule has 9 nitrogen and oxygen atoms in total. The zero-order valence-electron chi connectivity index (χ0n) is 24.3. The maximum Gasteiger partial charge on any atom is 0.254 e. The van der Waals surface area contributed by atoms with Crippen LogP contribution in [0.4, 0.5) is 0 Å². The molecule has 0 radical (unpaired) electrons. The van der Waals surface area contributed by atoms with E-state index in [1.807, 2.05) is 42.3 Å². The largest absolute Gasteiger partial charge is 0.348 e. The van der Waals surface area contributed by atoms with Gasteiger partial charge >= 0.3 is 0 Å². The minimum Gasteiger partial charge on any atom is -0.348 e. The van der Waals surface area contributed by atoms with Crippen molar-refractivity contribution in [3.63, 3.8) is 0 Å². The second-order valence-electron chi connectivity index (χ2n) is 11.7. The lowest BCUT2D eigenvalue weighted by Crippen LogP contribution is -2.53. The molecule has 1 saturated heterocycles. The van der Waals surface area contributed by atoms with Gasteiger partial charge in [0.2, 0.25) is 0 Å². The summed E-state index contributed by atoms with van der Waals surface area (Å²) in [4.78, 5) is 32.7. The summed E-state index contributed by atoms with van der Waals surface area (Å²) in [6, 6.07) is 11.5. The van der Waals surface area contributed by atoms with Crippen molar-refractivity contribution in [3.05, 3.63) is 75.6 Å². The number of likely N-dealkylation sites (tertiary alicyclic amines) is 1. The van der Waals surface area contributed by atoms with E-state index in [1.165, 1.54) is 37.4 Å². The predicted molar refractivity (Wildman–Crippen MR) is 163 cm³/mol. The van der Waals surface area contributed by atoms with E-state index in [-0.39, 0.29) is 24.1 Å². The van der Waals surface area contributed by atoms with Gasteiger partial charge in [0.05, 0.1) is 17.8 Å². The molecule has 1 atom stereocenters. The van der Waals surface area contributed by atoms with Gasteiger partial charge < -0.3 is 14.9 Å². The van der Waals surface area contributed by atoms with E-state index < -0.39 is 0 Å². The summed E-state index contributed by atoms with van der Waals surface area (Å²) >= 11 is 1.52. The number of hydrogen-bond donors (Lipinski definition) is 2. The number of benzene rings is 1. The van der Waals surface area contributed by atoms with Gasteiger partial charge in [-0.1, -0.05) is 23.4 Å². The van der Waals surface area contributed by atoms with Crippen LogP contribution in [0.5, 0.6) is 0 Å². The van der Waals surface area contributed by atoms with Crippen LogP contribution in [0.25, 0.3) is 10.9 Å². The first kappa shape index (κ1) is 27.8. The SMILES string of the molecule is CSc1cc(C)[nH]c(=O)c1CNC(=O)c1c(C)n([C@H](C)C2CCC(N3CC(n4ccnn4)C3)CC2)c2ccccc12. The number of amides is 1. The molecule has 6 rings (SSSR count). The first-order valence-electron chi connectivity index (χ1n) is 14.6. The Morgan fingerprint density at radius 2 is 1.90 bits per heavy atom. The van der Waals surface area contributed by atoms with Crippen LogP contribution in [0, 0.1) is 19.8 Å². The first-order chi connectivity index (χ1) is 19.9. The number of H-pyrrole nitrogens is 1. The van der Waals surface area contributed by atoms with Crippen molar-refractivity contribution in [2.45, 2.75) is 76.0 Å². The van der Waals surface area contributed by atoms with Crippen molar-refractivity contribution in [3.8, 4) is 0 Å². The number of para-hydroxylation sites is 1. The van der Waals surface area contributed by atoms with Crippen LogP contribution < -0.4 is 10.9 Å². The zero-order chi connectivity index (χ0) is 28.7. The fourth-order valence-electron chi connectivity index (χ4n) is 7.02. The predicted octanol–water partition coefficient (Wildman–Crippen LogP) is 4.87. The quantitative estimate of drug-likeness (QED) is 0.292. The van der Waals surface area contributed by atoms with E-state index in [1.54, 1.807) is 6.20 Å². The number of aromatic amines is 1. The van der Waals surface area contributed by atoms with E-state index in [4.69, 9.17) is 0 Å². The number of carbonyl (C=O) groups is 1. The van der Waals surface area contributed by atoms with E-state index in [2.05, 4.69) is 56.1 Å². The summed E-state index contributed by atoms with van der Waals surface area (Å²) in [5.41, 5.74) is 4.05. The summed E-state index contributed by atoms with van der Waals surface area (Å²) in [6.45, 7) is 8.55. The third kappa shape index (κ3) is 5.23. The van der Waals surface area contributed by atoms with E-state index >= 15 is 0 Å². The van der Waals surface area contributed by atoms with Crippen LogP contribution in [0.1, 0.15) is 72.0 Å². The van der Waals surface area contributed by atoms with Gasteiger partial charge in [-0.25, -0.2) is 4.68 Å². The first-order valence-corrected chi connectivity index (χ1v) is 15.8. The van der Waals surface area contributed by atoms with E-state index in [0.717, 1.165) is 40.3 Å². The molecular formula is C31H39N7O2S. The molecule has 41 heavy (non-hydrogen) atoms. The van der Waals surface area contributed by atoms with Crippen LogP contribution in [0.15, 0.2) is 52.4 Å². The molecule has 1 amide bonds. The topological polar surface area (TPSA) is 101 Å². The highest BCUT2D eigenvalue weighted by Crippen LogP contribution is 2.40. The highest BCUT2D eigenvalue weighted by molar-refractivity contribution is 7.98. The molecule has 4 aromatic rings. The second kappa shape index (κ2) is 11.5. The Morgan fingerprint density at radius 3 is 2.61 bits per heavy atom. The molecule has 1 aliphatic heterocycles. The molecule has 3 aromatic heterocycles. The number of nitrogens with zero attached hydrogens (tertiary/aromatic N) is 5. The van der Waals surface area contributed by atoms with Crippen LogP contribution in [-0.4, -0.2) is 60.7 Å². The lowest BCUT2D eigenvalue weighted by molar-refractivity contribution is 0.0241. The molecular weight excluding hydrogens is 534 g/mol. The molecule has 0 bridgehead atoms. The monoisotopic (exact) mass is 573 g/mol. The number of carbonyl (C=O) groups excluding carboxylic acids is 1. The molecule has 2 N–H and O–H groups in total. The van der Waals surface area contributed by atoms with Gasteiger partial charge in [-0.15, -0.1) is 16.9 Å². The molecule has 0 unspecified atom stereocenters. The van der Waals surface area contributed by atoms with Crippen molar-refractivity contribution < 1.29 is 4.79 Å². The fourth-order valence-corrected chi connectivity index (χ4v) is 7.73. The maximum atomic E-state index is 13.7. The summed E-state index contributed by atoms with van der Waals surface area (Å²) in [5.74, 6) is 0.416. The van der Waals surface area contributed by atoms with Gasteiger partial charge in [-0.2, -0.15) is 0 Å². The van der Waals surface area contributed by atoms with Crippen LogP contribution in [0.3, 0.4) is 0 Å². The van der Waals surface area contributed by atoms with Crippen molar-refractivity contribution in [2.75, 3.05) is 19.3 Å². The number of fused-ring (bicyclic) bond motifs is 1. The van der Waals surface area contributed by atoms with Gasteiger partial charge in [-0.05, 0) is 70.8 Å². The highest BCUT2D eigenvalue weighted by atomic mass is 32.2. The normalized spacial score (nSPS) is 20.7. The Kier molecular flexibility index (Phi) is 7.78. The number of aromatic nitrogens is 5. The third-order valence-corrected chi connectivity index (χ3v) is 10.1. The van der Waals surface area contributed by atoms with Crippen molar-refractivity contribution in [2.24, 2.45) is 5.92 Å². The van der Waals surface area contributed by atoms with Gasteiger partial charge in [0.25, 0.3) is 11.5 Å². The maximum absolute atomic E-state index is 13.7. The zero-order valence-corrected chi connectivity index (χ0v) is 25.1. The van der Waals surface area contributed by atoms with Gasteiger partial charge in [0, 0.05) is 70.7 Å². The molecule has 1 saturated carbocycles. The molecule has 2 fully saturated rings. The Hall–Kier alpha value is -3.37. The van der Waals surface area contributed by atoms with E-state index in [9.17, 15) is 9.59 Å². The number of nitrogens with one attached hydrogen (secondary N) is 2. The Balaban J connectivity index is 1.16. The minimum atomic E-state index is -0.148. The average molecular weight is 574 g/mol. The number of thioether (sulfide) groups is 1. The van der Waals surface area contributed by atoms with Gasteiger partial charge in [-0.3, -0.25) is 14.5 Å². The lowest BCUT2D eigenvalue weighted by Gasteiger charge is -2.47. The molecule has 0 spiro atoms. The molecule has 4 heterocycles. The lowest BCUT2D eigenvalue weighted by atomic mass is 9.80. The van der Waals surface area contributed by atoms with Gasteiger partial charge in [0.15, 0.2) is 0 Å². The average Bonchev–Trinajstić information content (AvgIpc) is 3.57.